The Morgan fingerprint density at radius 2 is 1.95 bits per heavy atom. The van der Waals surface area contributed by atoms with Crippen LogP contribution in [0.2, 0.25) is 0 Å². The second-order valence-corrected chi connectivity index (χ2v) is 7.80. The van der Waals surface area contributed by atoms with Gasteiger partial charge in [-0.25, -0.2) is 13.1 Å². The third-order valence-corrected chi connectivity index (χ3v) is 6.30. The number of aryl methyl sites for hydroxylation is 1. The highest BCUT2D eigenvalue weighted by molar-refractivity contribution is 7.89. The molecule has 1 aromatic rings. The molecule has 0 radical (unpaired) electrons. The molecule has 0 heterocycles. The molecule has 118 valence electrons. The third-order valence-electron chi connectivity index (χ3n) is 4.81. The van der Waals surface area contributed by atoms with E-state index in [1.54, 1.807) is 18.2 Å². The van der Waals surface area contributed by atoms with E-state index in [0.29, 0.717) is 17.4 Å². The van der Waals surface area contributed by atoms with Crippen LogP contribution in [0.25, 0.3) is 0 Å². The number of nitrogens with one attached hydrogen (secondary N) is 1. The summed E-state index contributed by atoms with van der Waals surface area (Å²) in [4.78, 5) is 0.246. The summed E-state index contributed by atoms with van der Waals surface area (Å²) in [5, 5.41) is 9.39. The molecule has 0 saturated heterocycles. The average molecular weight is 311 g/mol. The quantitative estimate of drug-likeness (QED) is 0.878. The summed E-state index contributed by atoms with van der Waals surface area (Å²) in [6.45, 7) is 6.12. The lowest BCUT2D eigenvalue weighted by molar-refractivity contribution is 0.280. The highest BCUT2D eigenvalue weighted by Crippen LogP contribution is 2.32. The topological polar surface area (TPSA) is 66.4 Å². The first-order chi connectivity index (χ1) is 9.89. The monoisotopic (exact) mass is 311 g/mol. The van der Waals surface area contributed by atoms with Crippen molar-refractivity contribution in [1.82, 2.24) is 4.72 Å². The molecule has 2 N–H and O–H groups in total. The van der Waals surface area contributed by atoms with Gasteiger partial charge in [0.15, 0.2) is 0 Å². The van der Waals surface area contributed by atoms with Crippen molar-refractivity contribution < 1.29 is 13.5 Å². The minimum absolute atomic E-state index is 0.00780. The van der Waals surface area contributed by atoms with Crippen LogP contribution in [-0.4, -0.2) is 19.6 Å². The number of sulfonamides is 1. The van der Waals surface area contributed by atoms with Crippen LogP contribution in [-0.2, 0) is 23.1 Å². The smallest absolute Gasteiger partial charge is 0.240 e. The molecule has 21 heavy (non-hydrogen) atoms. The number of hydrogen-bond donors (Lipinski definition) is 2. The van der Waals surface area contributed by atoms with Crippen LogP contribution >= 0.6 is 0 Å². The summed E-state index contributed by atoms with van der Waals surface area (Å²) in [7, 11) is -3.52. The molecule has 0 aromatic heterocycles. The fourth-order valence-electron chi connectivity index (χ4n) is 3.06. The third kappa shape index (κ3) is 3.47. The van der Waals surface area contributed by atoms with Crippen LogP contribution in [0, 0.1) is 11.8 Å². The van der Waals surface area contributed by atoms with E-state index in [-0.39, 0.29) is 17.5 Å². The Morgan fingerprint density at radius 1 is 1.24 bits per heavy atom. The summed E-state index contributed by atoms with van der Waals surface area (Å²) in [6.07, 6.45) is 2.73. The molecule has 0 bridgehead atoms. The molecule has 1 saturated carbocycles. The molecule has 1 aliphatic carbocycles. The number of aliphatic hydroxyl groups is 1. The summed E-state index contributed by atoms with van der Waals surface area (Å²) >= 11 is 0. The number of benzene rings is 1. The Hall–Kier alpha value is -0.910. The highest BCUT2D eigenvalue weighted by Gasteiger charge is 2.33. The van der Waals surface area contributed by atoms with Crippen molar-refractivity contribution in [3.05, 3.63) is 29.3 Å². The van der Waals surface area contributed by atoms with E-state index in [2.05, 4.69) is 18.6 Å². The van der Waals surface area contributed by atoms with E-state index in [9.17, 15) is 13.5 Å². The molecule has 3 atom stereocenters. The van der Waals surface area contributed by atoms with Crippen molar-refractivity contribution in [2.75, 3.05) is 0 Å². The van der Waals surface area contributed by atoms with Gasteiger partial charge in [0.25, 0.3) is 0 Å². The lowest BCUT2D eigenvalue weighted by Gasteiger charge is -2.20. The summed E-state index contributed by atoms with van der Waals surface area (Å²) in [6, 6.07) is 5.02. The molecule has 4 nitrogen and oxygen atoms in total. The van der Waals surface area contributed by atoms with E-state index < -0.39 is 10.0 Å². The Bertz CT molecular complexity index is 598. The fraction of sp³-hybridized carbons (Fsp3) is 0.625. The van der Waals surface area contributed by atoms with Crippen LogP contribution in [0.1, 0.15) is 44.7 Å². The van der Waals surface area contributed by atoms with Crippen LogP contribution in [0.15, 0.2) is 23.1 Å². The summed E-state index contributed by atoms with van der Waals surface area (Å²) in [5.41, 5.74) is 1.67. The summed E-state index contributed by atoms with van der Waals surface area (Å²) in [5.74, 6) is 0.903. The van der Waals surface area contributed by atoms with E-state index in [4.69, 9.17) is 0 Å². The number of rotatable bonds is 5. The average Bonchev–Trinajstić information content (AvgIpc) is 2.78. The van der Waals surface area contributed by atoms with Gasteiger partial charge in [-0.1, -0.05) is 26.8 Å². The van der Waals surface area contributed by atoms with Crippen molar-refractivity contribution in [1.29, 1.82) is 0 Å². The first-order valence-electron chi connectivity index (χ1n) is 7.64. The van der Waals surface area contributed by atoms with Gasteiger partial charge in [0.1, 0.15) is 0 Å². The summed E-state index contributed by atoms with van der Waals surface area (Å²) < 4.78 is 27.9. The molecule has 3 unspecified atom stereocenters. The van der Waals surface area contributed by atoms with Gasteiger partial charge in [-0.3, -0.25) is 0 Å². The van der Waals surface area contributed by atoms with Crippen LogP contribution in [0.5, 0.6) is 0 Å². The minimum atomic E-state index is -3.52. The first kappa shape index (κ1) is 16.5. The molecule has 0 spiro atoms. The predicted molar refractivity (Wildman–Crippen MR) is 83.4 cm³/mol. The standard InChI is InChI=1S/C16H25NO3S/c1-4-13-6-7-15(9-14(13)10-18)21(19,20)17-16-8-5-11(2)12(16)3/h6-7,9,11-12,16-18H,4-5,8,10H2,1-3H3. The Morgan fingerprint density at radius 3 is 2.48 bits per heavy atom. The van der Waals surface area contributed by atoms with Crippen molar-refractivity contribution in [3.8, 4) is 0 Å². The Balaban J connectivity index is 2.24. The van der Waals surface area contributed by atoms with Gasteiger partial charge < -0.3 is 5.11 Å². The second-order valence-electron chi connectivity index (χ2n) is 6.08. The van der Waals surface area contributed by atoms with Gasteiger partial charge in [0.2, 0.25) is 10.0 Å². The maximum absolute atomic E-state index is 12.5. The van der Waals surface area contributed by atoms with Crippen molar-refractivity contribution in [3.63, 3.8) is 0 Å². The molecule has 1 aromatic carbocycles. The van der Waals surface area contributed by atoms with E-state index in [1.165, 1.54) is 0 Å². The maximum atomic E-state index is 12.5. The van der Waals surface area contributed by atoms with E-state index in [0.717, 1.165) is 24.8 Å². The maximum Gasteiger partial charge on any atom is 0.240 e. The molecule has 1 aliphatic rings. The minimum Gasteiger partial charge on any atom is -0.392 e. The molecule has 0 aliphatic heterocycles. The van der Waals surface area contributed by atoms with Crippen molar-refractivity contribution in [2.45, 2.75) is 57.6 Å². The molecule has 0 amide bonds. The van der Waals surface area contributed by atoms with Gasteiger partial charge in [-0.15, -0.1) is 0 Å². The number of hydrogen-bond acceptors (Lipinski definition) is 3. The second kappa shape index (κ2) is 6.46. The van der Waals surface area contributed by atoms with Gasteiger partial charge in [-0.2, -0.15) is 0 Å². The molecular formula is C16H25NO3S. The predicted octanol–water partition coefficient (Wildman–Crippen LogP) is 2.45. The normalized spacial score (nSPS) is 26.2. The van der Waals surface area contributed by atoms with Crippen LogP contribution in [0.3, 0.4) is 0 Å². The highest BCUT2D eigenvalue weighted by atomic mass is 32.2. The van der Waals surface area contributed by atoms with E-state index >= 15 is 0 Å². The van der Waals surface area contributed by atoms with Gasteiger partial charge >= 0.3 is 0 Å². The lowest BCUT2D eigenvalue weighted by Crippen LogP contribution is -2.37. The zero-order valence-electron chi connectivity index (χ0n) is 13.0. The van der Waals surface area contributed by atoms with Crippen LogP contribution < -0.4 is 4.72 Å². The molecule has 1 fully saturated rings. The van der Waals surface area contributed by atoms with Crippen molar-refractivity contribution in [2.24, 2.45) is 11.8 Å². The zero-order chi connectivity index (χ0) is 15.6. The molecule has 5 heteroatoms. The van der Waals surface area contributed by atoms with Crippen molar-refractivity contribution >= 4 is 10.0 Å². The van der Waals surface area contributed by atoms with Gasteiger partial charge in [0, 0.05) is 6.04 Å². The first-order valence-corrected chi connectivity index (χ1v) is 9.12. The molecular weight excluding hydrogens is 286 g/mol. The van der Waals surface area contributed by atoms with Gasteiger partial charge in [-0.05, 0) is 54.4 Å². The Labute approximate surface area is 127 Å². The number of aliphatic hydroxyl groups excluding tert-OH is 1. The largest absolute Gasteiger partial charge is 0.392 e. The van der Waals surface area contributed by atoms with Crippen LogP contribution in [0.4, 0.5) is 0 Å². The van der Waals surface area contributed by atoms with Gasteiger partial charge in [0.05, 0.1) is 11.5 Å². The SMILES string of the molecule is CCc1ccc(S(=O)(=O)NC2CCC(C)C2C)cc1CO. The van der Waals surface area contributed by atoms with E-state index in [1.807, 2.05) is 6.92 Å². The fourth-order valence-corrected chi connectivity index (χ4v) is 4.47. The lowest BCUT2D eigenvalue weighted by atomic mass is 9.98. The molecule has 2 rings (SSSR count). The zero-order valence-corrected chi connectivity index (χ0v) is 13.8. The Kier molecular flexibility index (Phi) is 5.07.